The van der Waals surface area contributed by atoms with Crippen molar-refractivity contribution in [1.29, 1.82) is 0 Å². The van der Waals surface area contributed by atoms with Crippen LogP contribution in [0.2, 0.25) is 0 Å². The molecule has 1 saturated heterocycles. The number of nitrogens with zero attached hydrogens (tertiary/aromatic N) is 1. The Hall–Kier alpha value is -0.120. The normalized spacial score (nSPS) is 29.1. The Labute approximate surface area is 80.2 Å². The van der Waals surface area contributed by atoms with Crippen LogP contribution in [-0.2, 0) is 4.74 Å². The number of nitrogens with two attached hydrogens (primary N) is 1. The Balaban J connectivity index is 1.79. The average molecular weight is 184 g/mol. The van der Waals surface area contributed by atoms with Gasteiger partial charge in [-0.05, 0) is 44.2 Å². The highest BCUT2D eigenvalue weighted by Gasteiger charge is 2.45. The molecular weight excluding hydrogens is 164 g/mol. The Morgan fingerprint density at radius 2 is 2.00 bits per heavy atom. The fourth-order valence-corrected chi connectivity index (χ4v) is 2.69. The number of piperidine rings is 1. The minimum Gasteiger partial charge on any atom is -0.381 e. The van der Waals surface area contributed by atoms with Crippen molar-refractivity contribution in [3.63, 3.8) is 0 Å². The van der Waals surface area contributed by atoms with Gasteiger partial charge in [0.25, 0.3) is 0 Å². The van der Waals surface area contributed by atoms with E-state index >= 15 is 0 Å². The van der Waals surface area contributed by atoms with Gasteiger partial charge in [0.15, 0.2) is 0 Å². The maximum Gasteiger partial charge on any atom is 0.0582 e. The molecule has 1 spiro atoms. The topological polar surface area (TPSA) is 38.5 Å². The van der Waals surface area contributed by atoms with E-state index in [0.29, 0.717) is 11.5 Å². The van der Waals surface area contributed by atoms with E-state index in [4.69, 9.17) is 10.5 Å². The Morgan fingerprint density at radius 3 is 2.46 bits per heavy atom. The molecule has 1 aliphatic carbocycles. The van der Waals surface area contributed by atoms with Crippen molar-refractivity contribution in [2.45, 2.75) is 31.8 Å². The van der Waals surface area contributed by atoms with Crippen molar-refractivity contribution in [3.8, 4) is 0 Å². The zero-order valence-corrected chi connectivity index (χ0v) is 8.46. The maximum atomic E-state index is 5.61. The summed E-state index contributed by atoms with van der Waals surface area (Å²) in [5.41, 5.74) is 6.24. The van der Waals surface area contributed by atoms with E-state index in [0.717, 1.165) is 6.67 Å². The molecule has 0 aromatic heterocycles. The van der Waals surface area contributed by atoms with Gasteiger partial charge in [0, 0.05) is 13.8 Å². The van der Waals surface area contributed by atoms with Crippen molar-refractivity contribution in [2.75, 3.05) is 26.9 Å². The summed E-state index contributed by atoms with van der Waals surface area (Å²) < 4.78 is 5.33. The van der Waals surface area contributed by atoms with Crippen LogP contribution < -0.4 is 5.73 Å². The summed E-state index contributed by atoms with van der Waals surface area (Å²) in [5, 5.41) is 0. The standard InChI is InChI=1S/C10H20N2O/c1-13-9-6-10(7-9)2-4-12(8-11)5-3-10/h9H,2-8,11H2,1H3. The van der Waals surface area contributed by atoms with E-state index in [1.165, 1.54) is 38.8 Å². The highest BCUT2D eigenvalue weighted by molar-refractivity contribution is 4.97. The molecule has 1 heterocycles. The fourth-order valence-electron chi connectivity index (χ4n) is 2.69. The Bertz CT molecular complexity index is 168. The highest BCUT2D eigenvalue weighted by Crippen LogP contribution is 2.49. The summed E-state index contributed by atoms with van der Waals surface area (Å²) in [5.74, 6) is 0. The van der Waals surface area contributed by atoms with Crippen LogP contribution in [-0.4, -0.2) is 37.9 Å². The molecule has 1 aliphatic heterocycles. The molecule has 0 unspecified atom stereocenters. The quantitative estimate of drug-likeness (QED) is 0.689. The molecule has 2 rings (SSSR count). The molecule has 2 aliphatic rings. The van der Waals surface area contributed by atoms with E-state index in [-0.39, 0.29) is 0 Å². The summed E-state index contributed by atoms with van der Waals surface area (Å²) >= 11 is 0. The third kappa shape index (κ3) is 1.73. The average Bonchev–Trinajstić information content (AvgIpc) is 2.14. The number of hydrogen-bond donors (Lipinski definition) is 1. The van der Waals surface area contributed by atoms with Gasteiger partial charge >= 0.3 is 0 Å². The lowest BCUT2D eigenvalue weighted by molar-refractivity contribution is -0.0874. The summed E-state index contributed by atoms with van der Waals surface area (Å²) in [6.07, 6.45) is 5.75. The second-order valence-electron chi connectivity index (χ2n) is 4.57. The van der Waals surface area contributed by atoms with E-state index in [2.05, 4.69) is 4.90 Å². The number of methoxy groups -OCH3 is 1. The molecule has 0 amide bonds. The predicted octanol–water partition coefficient (Wildman–Crippen LogP) is 0.794. The van der Waals surface area contributed by atoms with Crippen LogP contribution in [0.15, 0.2) is 0 Å². The molecular formula is C10H20N2O. The van der Waals surface area contributed by atoms with Gasteiger partial charge in [0.1, 0.15) is 0 Å². The monoisotopic (exact) mass is 184 g/mol. The van der Waals surface area contributed by atoms with E-state index in [1.54, 1.807) is 0 Å². The first kappa shape index (κ1) is 9.44. The Kier molecular flexibility index (Phi) is 2.58. The summed E-state index contributed by atoms with van der Waals surface area (Å²) in [4.78, 5) is 2.34. The molecule has 3 heteroatoms. The van der Waals surface area contributed by atoms with Crippen molar-refractivity contribution < 1.29 is 4.74 Å². The minimum absolute atomic E-state index is 0.546. The van der Waals surface area contributed by atoms with E-state index < -0.39 is 0 Å². The number of likely N-dealkylation sites (tertiary alicyclic amines) is 1. The molecule has 0 atom stereocenters. The van der Waals surface area contributed by atoms with Crippen molar-refractivity contribution in [1.82, 2.24) is 4.90 Å². The molecule has 3 nitrogen and oxygen atoms in total. The molecule has 13 heavy (non-hydrogen) atoms. The van der Waals surface area contributed by atoms with Crippen molar-refractivity contribution in [2.24, 2.45) is 11.1 Å². The van der Waals surface area contributed by atoms with Crippen LogP contribution in [0.5, 0.6) is 0 Å². The van der Waals surface area contributed by atoms with Gasteiger partial charge in [0.05, 0.1) is 6.10 Å². The molecule has 2 fully saturated rings. The van der Waals surface area contributed by atoms with Crippen LogP contribution in [0.25, 0.3) is 0 Å². The predicted molar refractivity (Wildman–Crippen MR) is 52.3 cm³/mol. The first-order valence-corrected chi connectivity index (χ1v) is 5.23. The summed E-state index contributed by atoms with van der Waals surface area (Å²) in [7, 11) is 1.83. The van der Waals surface area contributed by atoms with Gasteiger partial charge in [0.2, 0.25) is 0 Å². The number of hydrogen-bond acceptors (Lipinski definition) is 3. The summed E-state index contributed by atoms with van der Waals surface area (Å²) in [6.45, 7) is 3.10. The van der Waals surface area contributed by atoms with Gasteiger partial charge in [-0.15, -0.1) is 0 Å². The summed E-state index contributed by atoms with van der Waals surface area (Å²) in [6, 6.07) is 0. The van der Waals surface area contributed by atoms with Crippen molar-refractivity contribution >= 4 is 0 Å². The zero-order chi connectivity index (χ0) is 9.31. The molecule has 76 valence electrons. The Morgan fingerprint density at radius 1 is 1.38 bits per heavy atom. The van der Waals surface area contributed by atoms with Crippen LogP contribution in [0.4, 0.5) is 0 Å². The minimum atomic E-state index is 0.546. The van der Waals surface area contributed by atoms with Gasteiger partial charge < -0.3 is 10.5 Å². The van der Waals surface area contributed by atoms with Crippen LogP contribution >= 0.6 is 0 Å². The molecule has 2 N–H and O–H groups in total. The number of rotatable bonds is 2. The van der Waals surface area contributed by atoms with Crippen LogP contribution in [0.1, 0.15) is 25.7 Å². The maximum absolute atomic E-state index is 5.61. The molecule has 0 aromatic rings. The number of ether oxygens (including phenoxy) is 1. The lowest BCUT2D eigenvalue weighted by Gasteiger charge is -2.51. The lowest BCUT2D eigenvalue weighted by atomic mass is 9.61. The van der Waals surface area contributed by atoms with Gasteiger partial charge in [-0.2, -0.15) is 0 Å². The van der Waals surface area contributed by atoms with Gasteiger partial charge in [-0.3, -0.25) is 4.90 Å². The molecule has 0 bridgehead atoms. The van der Waals surface area contributed by atoms with Gasteiger partial charge in [-0.1, -0.05) is 0 Å². The fraction of sp³-hybridized carbons (Fsp3) is 1.00. The molecule has 0 aromatic carbocycles. The highest BCUT2D eigenvalue weighted by atomic mass is 16.5. The SMILES string of the molecule is COC1CC2(CCN(CN)CC2)C1. The van der Waals surface area contributed by atoms with Crippen molar-refractivity contribution in [3.05, 3.63) is 0 Å². The van der Waals surface area contributed by atoms with E-state index in [9.17, 15) is 0 Å². The van der Waals surface area contributed by atoms with Crippen LogP contribution in [0, 0.1) is 5.41 Å². The third-order valence-electron chi connectivity index (χ3n) is 3.83. The first-order chi connectivity index (χ1) is 6.28. The van der Waals surface area contributed by atoms with Gasteiger partial charge in [-0.25, -0.2) is 0 Å². The second kappa shape index (κ2) is 3.56. The van der Waals surface area contributed by atoms with Crippen LogP contribution in [0.3, 0.4) is 0 Å². The first-order valence-electron chi connectivity index (χ1n) is 5.23. The second-order valence-corrected chi connectivity index (χ2v) is 4.57. The zero-order valence-electron chi connectivity index (χ0n) is 8.46. The molecule has 0 radical (unpaired) electrons. The smallest absolute Gasteiger partial charge is 0.0582 e. The van der Waals surface area contributed by atoms with E-state index in [1.807, 2.05) is 7.11 Å². The molecule has 1 saturated carbocycles. The largest absolute Gasteiger partial charge is 0.381 e. The lowest BCUT2D eigenvalue weighted by Crippen LogP contribution is -2.50. The third-order valence-corrected chi connectivity index (χ3v) is 3.83.